The van der Waals surface area contributed by atoms with E-state index >= 15 is 0 Å². The summed E-state index contributed by atoms with van der Waals surface area (Å²) in [6.45, 7) is 4.13. The van der Waals surface area contributed by atoms with Crippen molar-refractivity contribution in [2.75, 3.05) is 0 Å². The normalized spacial score (nSPS) is 7.75. The summed E-state index contributed by atoms with van der Waals surface area (Å²) >= 11 is 1.69. The van der Waals surface area contributed by atoms with E-state index in [1.165, 1.54) is 11.1 Å². The quantitative estimate of drug-likeness (QED) is 0.687. The Morgan fingerprint density at radius 2 is 1.42 bits per heavy atom. The Hall–Kier alpha value is 0.314. The number of hydrogen-bond donors (Lipinski definition) is 0. The maximum Gasteiger partial charge on any atom is -0.147 e. The van der Waals surface area contributed by atoms with E-state index in [9.17, 15) is 0 Å². The van der Waals surface area contributed by atoms with Crippen LogP contribution in [0.2, 0.25) is 0 Å². The summed E-state index contributed by atoms with van der Waals surface area (Å²) < 4.78 is 5.08. The molecule has 67 valence electrons. The van der Waals surface area contributed by atoms with Gasteiger partial charge in [-0.1, -0.05) is 0 Å². The van der Waals surface area contributed by atoms with Gasteiger partial charge in [0.2, 0.25) is 0 Å². The summed E-state index contributed by atoms with van der Waals surface area (Å²) in [5.41, 5.74) is 2.49. The molecule has 0 aliphatic carbocycles. The summed E-state index contributed by atoms with van der Waals surface area (Å²) in [5.74, 6) is 0.942. The molecule has 0 aliphatic rings. The van der Waals surface area contributed by atoms with E-state index in [1.54, 1.807) is 20.8 Å². The molecule has 0 aliphatic heterocycles. The van der Waals surface area contributed by atoms with Crippen molar-refractivity contribution in [1.29, 1.82) is 0 Å². The van der Waals surface area contributed by atoms with Crippen LogP contribution in [0.4, 0.5) is 0 Å². The van der Waals surface area contributed by atoms with Crippen molar-refractivity contribution in [2.45, 2.75) is 13.8 Å². The smallest absolute Gasteiger partial charge is 0.147 e. The Bertz CT molecular complexity index is 220. The van der Waals surface area contributed by atoms with E-state index in [2.05, 4.69) is 19.9 Å². The van der Waals surface area contributed by atoms with Gasteiger partial charge in [-0.15, -0.1) is 24.8 Å². The third kappa shape index (κ3) is 4.37. The Kier molecular flexibility index (Phi) is 8.38. The number of benzene rings is 1. The van der Waals surface area contributed by atoms with Crippen LogP contribution in [0.3, 0.4) is 0 Å². The van der Waals surface area contributed by atoms with Gasteiger partial charge in [0.05, 0.1) is 0 Å². The van der Waals surface area contributed by atoms with Gasteiger partial charge in [0.15, 0.2) is 0 Å². The zero-order valence-electron chi connectivity index (χ0n) is 6.96. The summed E-state index contributed by atoms with van der Waals surface area (Å²) in [7, 11) is 0. The van der Waals surface area contributed by atoms with Gasteiger partial charge in [-0.3, -0.25) is 0 Å². The van der Waals surface area contributed by atoms with Crippen molar-refractivity contribution in [3.8, 4) is 5.75 Å². The molecule has 0 atom stereocenters. The molecule has 1 aromatic rings. The standard InChI is InChI=1S/C8H10O.2ClH.Ti/c1-6-3-7(2)5-8(9)4-6;;;/h3-5,9H,1-2H3;2*1H;/q;;;+1/p-1. The molecular formula is C8H11Cl2OTi. The van der Waals surface area contributed by atoms with Gasteiger partial charge in [0.1, 0.15) is 0 Å². The van der Waals surface area contributed by atoms with Crippen molar-refractivity contribution in [3.05, 3.63) is 29.3 Å². The predicted molar refractivity (Wildman–Crippen MR) is 51.0 cm³/mol. The van der Waals surface area contributed by atoms with Crippen LogP contribution in [0.15, 0.2) is 18.2 Å². The molecule has 12 heavy (non-hydrogen) atoms. The molecule has 1 aromatic carbocycles. The van der Waals surface area contributed by atoms with Gasteiger partial charge in [0.25, 0.3) is 0 Å². The second-order valence-corrected chi connectivity index (χ2v) is 2.74. The first kappa shape index (κ1) is 14.8. The summed E-state index contributed by atoms with van der Waals surface area (Å²) in [4.78, 5) is 0. The van der Waals surface area contributed by atoms with E-state index in [1.807, 2.05) is 12.1 Å². The van der Waals surface area contributed by atoms with E-state index in [0.717, 1.165) is 5.75 Å². The van der Waals surface area contributed by atoms with Crippen LogP contribution in [0.1, 0.15) is 11.1 Å². The zero-order chi connectivity index (χ0) is 7.56. The number of aryl methyl sites for hydroxylation is 2. The first-order valence-electron chi connectivity index (χ1n) is 3.14. The van der Waals surface area contributed by atoms with Gasteiger partial charge in [0, 0.05) is 0 Å². The van der Waals surface area contributed by atoms with Gasteiger partial charge >= 0.3 is 73.1 Å². The summed E-state index contributed by atoms with van der Waals surface area (Å²) in [6.07, 6.45) is 0. The monoisotopic (exact) mass is 241 g/mol. The van der Waals surface area contributed by atoms with Gasteiger partial charge in [-0.05, 0) is 0 Å². The van der Waals surface area contributed by atoms with Gasteiger partial charge < -0.3 is 0 Å². The predicted octanol–water partition coefficient (Wildman–Crippen LogP) is 2.99. The minimum Gasteiger partial charge on any atom is -0.147 e. The fourth-order valence-corrected chi connectivity index (χ4v) is 1.18. The van der Waals surface area contributed by atoms with Crippen LogP contribution in [-0.4, -0.2) is 0 Å². The zero-order valence-corrected chi connectivity index (χ0v) is 10.2. The van der Waals surface area contributed by atoms with E-state index in [-0.39, 0.29) is 24.8 Å². The molecule has 0 N–H and O–H groups in total. The van der Waals surface area contributed by atoms with Crippen molar-refractivity contribution in [1.82, 2.24) is 0 Å². The van der Waals surface area contributed by atoms with Crippen molar-refractivity contribution >= 4 is 24.8 Å². The van der Waals surface area contributed by atoms with Crippen molar-refractivity contribution in [3.63, 3.8) is 0 Å². The number of halogens is 2. The Morgan fingerprint density at radius 1 is 1.00 bits per heavy atom. The van der Waals surface area contributed by atoms with E-state index < -0.39 is 0 Å². The summed E-state index contributed by atoms with van der Waals surface area (Å²) in [5, 5.41) is 0. The van der Waals surface area contributed by atoms with Crippen molar-refractivity contribution in [2.24, 2.45) is 0 Å². The largest absolute Gasteiger partial charge is 0.147 e. The van der Waals surface area contributed by atoms with Crippen LogP contribution in [0.25, 0.3) is 0 Å². The maximum atomic E-state index is 5.08. The molecule has 1 rings (SSSR count). The molecule has 0 amide bonds. The van der Waals surface area contributed by atoms with Gasteiger partial charge in [-0.25, -0.2) is 0 Å². The molecule has 0 fully saturated rings. The summed E-state index contributed by atoms with van der Waals surface area (Å²) in [6, 6.07) is 6.17. The number of hydrogen-bond acceptors (Lipinski definition) is 1. The topological polar surface area (TPSA) is 9.23 Å². The van der Waals surface area contributed by atoms with E-state index in [4.69, 9.17) is 3.32 Å². The maximum absolute atomic E-state index is 5.08. The molecule has 0 saturated carbocycles. The van der Waals surface area contributed by atoms with Crippen molar-refractivity contribution < 1.29 is 24.1 Å². The fraction of sp³-hybridized carbons (Fsp3) is 0.250. The Labute approximate surface area is 97.6 Å². The molecule has 0 unspecified atom stereocenters. The van der Waals surface area contributed by atoms with Crippen LogP contribution in [0, 0.1) is 13.8 Å². The van der Waals surface area contributed by atoms with E-state index in [0.29, 0.717) is 0 Å². The third-order valence-electron chi connectivity index (χ3n) is 1.31. The molecule has 0 aromatic heterocycles. The Balaban J connectivity index is 0. The fourth-order valence-electron chi connectivity index (χ4n) is 0.992. The second kappa shape index (κ2) is 6.79. The minimum absolute atomic E-state index is 0. The SMILES string of the molecule is Cc1cc(C)cc([O][Ti])c1.Cl.Cl. The van der Waals surface area contributed by atoms with Crippen LogP contribution >= 0.6 is 24.8 Å². The molecule has 0 spiro atoms. The van der Waals surface area contributed by atoms with Crippen LogP contribution in [0.5, 0.6) is 5.75 Å². The van der Waals surface area contributed by atoms with Crippen LogP contribution in [-0.2, 0) is 20.8 Å². The molecule has 0 saturated heterocycles. The number of rotatable bonds is 1. The molecule has 1 nitrogen and oxygen atoms in total. The minimum atomic E-state index is 0. The Morgan fingerprint density at radius 3 is 1.75 bits per heavy atom. The third-order valence-corrected chi connectivity index (χ3v) is 1.68. The average Bonchev–Trinajstić information content (AvgIpc) is 1.85. The molecule has 0 bridgehead atoms. The average molecular weight is 242 g/mol. The first-order valence-corrected chi connectivity index (χ1v) is 3.78. The molecule has 0 heterocycles. The van der Waals surface area contributed by atoms with Crippen LogP contribution < -0.4 is 3.32 Å². The molecule has 0 radical (unpaired) electrons. The molecular weight excluding hydrogens is 231 g/mol. The molecule has 4 heteroatoms. The first-order chi connectivity index (χ1) is 4.72. The van der Waals surface area contributed by atoms with Gasteiger partial charge in [-0.2, -0.15) is 0 Å². The second-order valence-electron chi connectivity index (χ2n) is 2.43.